The summed E-state index contributed by atoms with van der Waals surface area (Å²) in [6.07, 6.45) is -2.37. The molecule has 1 aliphatic heterocycles. The Labute approximate surface area is 134 Å². The van der Waals surface area contributed by atoms with Crippen LogP contribution in [0.1, 0.15) is 12.8 Å². The molecule has 1 saturated heterocycles. The summed E-state index contributed by atoms with van der Waals surface area (Å²) in [5.41, 5.74) is 1.15. The molecule has 1 fully saturated rings. The highest BCUT2D eigenvalue weighted by Gasteiger charge is 2.21. The average molecular weight is 325 g/mol. The fraction of sp³-hybridized carbons (Fsp3) is 0.500. The van der Waals surface area contributed by atoms with E-state index in [-0.39, 0.29) is 18.9 Å². The normalized spacial score (nSPS) is 14.9. The number of hydrogen-bond donors (Lipinski definition) is 1. The number of para-hydroxylation sites is 1. The van der Waals surface area contributed by atoms with Gasteiger partial charge in [-0.15, -0.1) is 0 Å². The van der Waals surface area contributed by atoms with E-state index in [0.29, 0.717) is 19.5 Å². The lowest BCUT2D eigenvalue weighted by Crippen LogP contribution is -2.48. The number of amides is 2. The van der Waals surface area contributed by atoms with E-state index >= 15 is 0 Å². The van der Waals surface area contributed by atoms with Gasteiger partial charge in [-0.05, 0) is 18.6 Å². The van der Waals surface area contributed by atoms with Crippen molar-refractivity contribution in [3.05, 3.63) is 30.3 Å². The summed E-state index contributed by atoms with van der Waals surface area (Å²) in [7, 11) is 0. The fourth-order valence-corrected chi connectivity index (χ4v) is 2.54. The first kappa shape index (κ1) is 17.2. The molecule has 0 aliphatic carbocycles. The molecule has 0 radical (unpaired) electrons. The topological polar surface area (TPSA) is 52.7 Å². The number of hydrogen-bond acceptors (Lipinski definition) is 3. The third-order valence-electron chi connectivity index (χ3n) is 3.82. The Morgan fingerprint density at radius 2 is 1.74 bits per heavy atom. The molecule has 1 heterocycles. The minimum atomic E-state index is -3.00. The number of halogens is 2. The van der Waals surface area contributed by atoms with Crippen LogP contribution in [0.15, 0.2) is 30.3 Å². The summed E-state index contributed by atoms with van der Waals surface area (Å²) in [6, 6.07) is 10.0. The van der Waals surface area contributed by atoms with Gasteiger partial charge in [0.25, 0.3) is 5.91 Å². The van der Waals surface area contributed by atoms with Crippen LogP contribution in [-0.4, -0.2) is 55.9 Å². The van der Waals surface area contributed by atoms with E-state index in [1.54, 1.807) is 4.90 Å². The highest BCUT2D eigenvalue weighted by Crippen LogP contribution is 2.16. The van der Waals surface area contributed by atoms with Crippen molar-refractivity contribution < 1.29 is 18.4 Å². The lowest BCUT2D eigenvalue weighted by molar-refractivity contribution is -0.133. The first-order valence-electron chi connectivity index (χ1n) is 7.71. The summed E-state index contributed by atoms with van der Waals surface area (Å²) in [4.78, 5) is 26.8. The summed E-state index contributed by atoms with van der Waals surface area (Å²) in [5.74, 6) is -1.28. The number of carbonyl (C=O) groups is 2. The molecule has 0 bridgehead atoms. The second-order valence-electron chi connectivity index (χ2n) is 5.40. The molecular formula is C16H21F2N3O2. The molecule has 1 aliphatic rings. The minimum absolute atomic E-state index is 0.00371. The van der Waals surface area contributed by atoms with Gasteiger partial charge < -0.3 is 15.1 Å². The van der Waals surface area contributed by atoms with Gasteiger partial charge in [0.1, 0.15) is 0 Å². The second kappa shape index (κ2) is 8.45. The van der Waals surface area contributed by atoms with Gasteiger partial charge in [-0.25, -0.2) is 0 Å². The number of benzene rings is 1. The maximum absolute atomic E-state index is 12.1. The van der Waals surface area contributed by atoms with Crippen molar-refractivity contribution in [2.24, 2.45) is 0 Å². The Kier molecular flexibility index (Phi) is 6.31. The molecule has 0 spiro atoms. The third-order valence-corrected chi connectivity index (χ3v) is 3.82. The van der Waals surface area contributed by atoms with Gasteiger partial charge in [0, 0.05) is 44.8 Å². The monoisotopic (exact) mass is 325 g/mol. The third kappa shape index (κ3) is 5.19. The lowest BCUT2D eigenvalue weighted by Gasteiger charge is -2.36. The van der Waals surface area contributed by atoms with Crippen LogP contribution in [0.5, 0.6) is 0 Å². The molecule has 0 saturated carbocycles. The van der Waals surface area contributed by atoms with Crippen molar-refractivity contribution in [2.45, 2.75) is 19.3 Å². The van der Waals surface area contributed by atoms with E-state index in [1.807, 2.05) is 30.3 Å². The molecule has 0 aromatic heterocycles. The predicted molar refractivity (Wildman–Crippen MR) is 83.5 cm³/mol. The van der Waals surface area contributed by atoms with Crippen molar-refractivity contribution in [1.29, 1.82) is 0 Å². The number of anilines is 1. The van der Waals surface area contributed by atoms with Crippen LogP contribution < -0.4 is 10.2 Å². The predicted octanol–water partition coefficient (Wildman–Crippen LogP) is 1.50. The molecule has 1 aromatic rings. The molecule has 2 rings (SSSR count). The molecule has 2 amide bonds. The van der Waals surface area contributed by atoms with Crippen LogP contribution in [-0.2, 0) is 9.59 Å². The SMILES string of the molecule is O=C(NCCCC(=O)N1CCN(c2ccccc2)CC1)C(F)F. The number of alkyl halides is 2. The molecular weight excluding hydrogens is 304 g/mol. The molecule has 0 unspecified atom stereocenters. The van der Waals surface area contributed by atoms with Gasteiger partial charge >= 0.3 is 6.43 Å². The number of nitrogens with zero attached hydrogens (tertiary/aromatic N) is 2. The highest BCUT2D eigenvalue weighted by atomic mass is 19.3. The van der Waals surface area contributed by atoms with Gasteiger partial charge in [0.05, 0.1) is 0 Å². The first-order chi connectivity index (χ1) is 11.1. The van der Waals surface area contributed by atoms with Crippen LogP contribution >= 0.6 is 0 Å². The van der Waals surface area contributed by atoms with Crippen molar-refractivity contribution in [1.82, 2.24) is 10.2 Å². The summed E-state index contributed by atoms with van der Waals surface area (Å²) in [5, 5.41) is 2.10. The van der Waals surface area contributed by atoms with E-state index in [1.165, 1.54) is 0 Å². The van der Waals surface area contributed by atoms with E-state index in [0.717, 1.165) is 18.8 Å². The van der Waals surface area contributed by atoms with Gasteiger partial charge in [-0.2, -0.15) is 8.78 Å². The Morgan fingerprint density at radius 3 is 2.35 bits per heavy atom. The Bertz CT molecular complexity index is 517. The van der Waals surface area contributed by atoms with Gasteiger partial charge in [-0.1, -0.05) is 18.2 Å². The quantitative estimate of drug-likeness (QED) is 0.807. The smallest absolute Gasteiger partial charge is 0.315 e. The van der Waals surface area contributed by atoms with Crippen LogP contribution in [0.25, 0.3) is 0 Å². The Hall–Kier alpha value is -2.18. The van der Waals surface area contributed by atoms with Gasteiger partial charge in [0.15, 0.2) is 0 Å². The number of nitrogens with one attached hydrogen (secondary N) is 1. The van der Waals surface area contributed by atoms with Crippen LogP contribution in [0.2, 0.25) is 0 Å². The van der Waals surface area contributed by atoms with Crippen molar-refractivity contribution in [3.63, 3.8) is 0 Å². The molecule has 7 heteroatoms. The molecule has 5 nitrogen and oxygen atoms in total. The molecule has 23 heavy (non-hydrogen) atoms. The summed E-state index contributed by atoms with van der Waals surface area (Å²) >= 11 is 0. The molecule has 0 atom stereocenters. The van der Waals surface area contributed by atoms with E-state index < -0.39 is 12.3 Å². The Balaban J connectivity index is 1.67. The van der Waals surface area contributed by atoms with Gasteiger partial charge in [0.2, 0.25) is 5.91 Å². The second-order valence-corrected chi connectivity index (χ2v) is 5.40. The van der Waals surface area contributed by atoms with Gasteiger partial charge in [-0.3, -0.25) is 9.59 Å². The Morgan fingerprint density at radius 1 is 1.09 bits per heavy atom. The first-order valence-corrected chi connectivity index (χ1v) is 7.71. The largest absolute Gasteiger partial charge is 0.368 e. The number of piperazine rings is 1. The average Bonchev–Trinajstić information content (AvgIpc) is 2.59. The molecule has 126 valence electrons. The highest BCUT2D eigenvalue weighted by molar-refractivity contribution is 5.79. The van der Waals surface area contributed by atoms with E-state index in [2.05, 4.69) is 10.2 Å². The maximum Gasteiger partial charge on any atom is 0.315 e. The summed E-state index contributed by atoms with van der Waals surface area (Å²) in [6.45, 7) is 2.95. The standard InChI is InChI=1S/C16H21F2N3O2/c17-15(18)16(23)19-8-4-7-14(22)21-11-9-20(10-12-21)13-5-2-1-3-6-13/h1-3,5-6,15H,4,7-12H2,(H,19,23). The van der Waals surface area contributed by atoms with Crippen LogP contribution in [0, 0.1) is 0 Å². The molecule has 1 N–H and O–H groups in total. The zero-order chi connectivity index (χ0) is 16.7. The van der Waals surface area contributed by atoms with E-state index in [4.69, 9.17) is 0 Å². The van der Waals surface area contributed by atoms with Crippen molar-refractivity contribution in [3.8, 4) is 0 Å². The minimum Gasteiger partial charge on any atom is -0.368 e. The van der Waals surface area contributed by atoms with Crippen molar-refractivity contribution in [2.75, 3.05) is 37.6 Å². The van der Waals surface area contributed by atoms with Crippen LogP contribution in [0.3, 0.4) is 0 Å². The lowest BCUT2D eigenvalue weighted by atomic mass is 10.2. The number of carbonyl (C=O) groups excluding carboxylic acids is 2. The van der Waals surface area contributed by atoms with Crippen molar-refractivity contribution >= 4 is 17.5 Å². The van der Waals surface area contributed by atoms with E-state index in [9.17, 15) is 18.4 Å². The fourth-order valence-electron chi connectivity index (χ4n) is 2.54. The number of rotatable bonds is 6. The van der Waals surface area contributed by atoms with Crippen LogP contribution in [0.4, 0.5) is 14.5 Å². The summed E-state index contributed by atoms with van der Waals surface area (Å²) < 4.78 is 24.0. The zero-order valence-corrected chi connectivity index (χ0v) is 12.9. The maximum atomic E-state index is 12.1. The zero-order valence-electron chi connectivity index (χ0n) is 12.9. The molecule has 1 aromatic carbocycles.